The topological polar surface area (TPSA) is 80.7 Å². The average molecular weight is 264 g/mol. The highest BCUT2D eigenvalue weighted by molar-refractivity contribution is 5.94. The monoisotopic (exact) mass is 264 g/mol. The number of carboxylic acids is 1. The lowest BCUT2D eigenvalue weighted by molar-refractivity contribution is -0.138. The van der Waals surface area contributed by atoms with Crippen molar-refractivity contribution in [2.45, 2.75) is 26.7 Å². The van der Waals surface area contributed by atoms with Gasteiger partial charge < -0.3 is 9.84 Å². The highest BCUT2D eigenvalue weighted by Crippen LogP contribution is 2.14. The van der Waals surface area contributed by atoms with E-state index in [0.29, 0.717) is 5.56 Å². The van der Waals surface area contributed by atoms with Crippen molar-refractivity contribution < 1.29 is 24.2 Å². The molecule has 1 rings (SSSR count). The molecule has 5 heteroatoms. The fraction of sp³-hybridized carbons (Fsp3) is 0.357. The summed E-state index contributed by atoms with van der Waals surface area (Å²) in [6.07, 6.45) is -0.380. The third kappa shape index (κ3) is 4.54. The van der Waals surface area contributed by atoms with Gasteiger partial charge in [0.15, 0.2) is 5.78 Å². The Bertz CT molecular complexity index is 484. The molecule has 0 aliphatic carbocycles. The molecule has 0 fully saturated rings. The zero-order chi connectivity index (χ0) is 14.4. The van der Waals surface area contributed by atoms with Crippen LogP contribution >= 0.6 is 0 Å². The van der Waals surface area contributed by atoms with Crippen LogP contribution in [0.25, 0.3) is 0 Å². The van der Waals surface area contributed by atoms with Gasteiger partial charge in [-0.1, -0.05) is 18.2 Å². The summed E-state index contributed by atoms with van der Waals surface area (Å²) in [6, 6.07) is 5.41. The van der Waals surface area contributed by atoms with E-state index in [1.54, 1.807) is 26.0 Å². The van der Waals surface area contributed by atoms with Gasteiger partial charge in [-0.3, -0.25) is 9.59 Å². The van der Waals surface area contributed by atoms with Crippen LogP contribution in [0.1, 0.15) is 34.3 Å². The molecule has 0 bridgehead atoms. The van der Waals surface area contributed by atoms with Crippen LogP contribution in [-0.4, -0.2) is 29.4 Å². The van der Waals surface area contributed by atoms with Gasteiger partial charge in [-0.15, -0.1) is 0 Å². The van der Waals surface area contributed by atoms with Crippen LogP contribution in [-0.2, 0) is 14.3 Å². The number of aliphatic carboxylic acids is 1. The molecule has 1 N–H and O–H groups in total. The third-order valence-electron chi connectivity index (χ3n) is 2.67. The van der Waals surface area contributed by atoms with Crippen LogP contribution in [0.4, 0.5) is 0 Å². The molecule has 0 unspecified atom stereocenters. The Morgan fingerprint density at radius 2 is 1.68 bits per heavy atom. The summed E-state index contributed by atoms with van der Waals surface area (Å²) in [5.74, 6) is -2.00. The molecule has 0 saturated carbocycles. The second-order valence-electron chi connectivity index (χ2n) is 4.28. The van der Waals surface area contributed by atoms with Gasteiger partial charge in [0.1, 0.15) is 6.61 Å². The molecule has 0 aromatic heterocycles. The van der Waals surface area contributed by atoms with Crippen molar-refractivity contribution in [3.8, 4) is 0 Å². The number of carbonyl (C=O) groups is 3. The first-order valence-corrected chi connectivity index (χ1v) is 5.88. The number of aryl methyl sites for hydroxylation is 2. The van der Waals surface area contributed by atoms with Crippen molar-refractivity contribution in [3.63, 3.8) is 0 Å². The summed E-state index contributed by atoms with van der Waals surface area (Å²) in [5, 5.41) is 8.43. The van der Waals surface area contributed by atoms with Crippen LogP contribution in [0.15, 0.2) is 18.2 Å². The molecule has 0 amide bonds. The summed E-state index contributed by atoms with van der Waals surface area (Å²) >= 11 is 0. The predicted octanol–water partition coefficient (Wildman–Crippen LogP) is 1.89. The molecule has 0 spiro atoms. The molecule has 0 aliphatic heterocycles. The molecular formula is C14H16O5. The van der Waals surface area contributed by atoms with Crippen LogP contribution in [0.2, 0.25) is 0 Å². The van der Waals surface area contributed by atoms with Crippen molar-refractivity contribution in [2.75, 3.05) is 6.61 Å². The minimum atomic E-state index is -1.05. The fourth-order valence-corrected chi connectivity index (χ4v) is 1.67. The molecule has 1 aromatic rings. The quantitative estimate of drug-likeness (QED) is 0.793. The molecule has 1 aromatic carbocycles. The fourth-order valence-electron chi connectivity index (χ4n) is 1.67. The first kappa shape index (κ1) is 14.9. The maximum absolute atomic E-state index is 11.8. The summed E-state index contributed by atoms with van der Waals surface area (Å²) in [7, 11) is 0. The lowest BCUT2D eigenvalue weighted by Crippen LogP contribution is -2.16. The molecule has 0 heterocycles. The molecule has 0 aliphatic rings. The number of ketones is 1. The number of benzene rings is 1. The smallest absolute Gasteiger partial charge is 0.339 e. The Morgan fingerprint density at radius 1 is 1.11 bits per heavy atom. The van der Waals surface area contributed by atoms with E-state index < -0.39 is 17.7 Å². The molecule has 5 nitrogen and oxygen atoms in total. The second kappa shape index (κ2) is 6.68. The Kier molecular flexibility index (Phi) is 5.23. The maximum Gasteiger partial charge on any atom is 0.339 e. The van der Waals surface area contributed by atoms with Crippen LogP contribution in [0.3, 0.4) is 0 Å². The summed E-state index contributed by atoms with van der Waals surface area (Å²) in [6.45, 7) is 3.19. The van der Waals surface area contributed by atoms with Gasteiger partial charge in [0, 0.05) is 6.42 Å². The third-order valence-corrected chi connectivity index (χ3v) is 2.67. The Labute approximate surface area is 111 Å². The van der Waals surface area contributed by atoms with Crippen molar-refractivity contribution >= 4 is 17.7 Å². The molecule has 102 valence electrons. The number of hydrogen-bond acceptors (Lipinski definition) is 4. The lowest BCUT2D eigenvalue weighted by atomic mass is 10.0. The van der Waals surface area contributed by atoms with Crippen LogP contribution < -0.4 is 0 Å². The summed E-state index contributed by atoms with van der Waals surface area (Å²) in [4.78, 5) is 33.4. The summed E-state index contributed by atoms with van der Waals surface area (Å²) < 4.78 is 4.90. The predicted molar refractivity (Wildman–Crippen MR) is 68.1 cm³/mol. The molecule has 0 atom stereocenters. The van der Waals surface area contributed by atoms with E-state index in [4.69, 9.17) is 9.84 Å². The van der Waals surface area contributed by atoms with Gasteiger partial charge in [-0.2, -0.15) is 0 Å². The van der Waals surface area contributed by atoms with Crippen LogP contribution in [0, 0.1) is 13.8 Å². The highest BCUT2D eigenvalue weighted by atomic mass is 16.5. The van der Waals surface area contributed by atoms with Crippen molar-refractivity contribution in [1.82, 2.24) is 0 Å². The van der Waals surface area contributed by atoms with Gasteiger partial charge in [0.25, 0.3) is 0 Å². The first-order chi connectivity index (χ1) is 8.91. The van der Waals surface area contributed by atoms with Crippen molar-refractivity contribution in [3.05, 3.63) is 34.9 Å². The number of esters is 1. The zero-order valence-electron chi connectivity index (χ0n) is 10.9. The second-order valence-corrected chi connectivity index (χ2v) is 4.28. The Morgan fingerprint density at radius 3 is 2.21 bits per heavy atom. The Balaban J connectivity index is 2.56. The number of carbonyl (C=O) groups excluding carboxylic acids is 2. The van der Waals surface area contributed by atoms with Gasteiger partial charge in [0.05, 0.1) is 12.0 Å². The number of ether oxygens (including phenoxy) is 1. The van der Waals surface area contributed by atoms with E-state index in [0.717, 1.165) is 11.1 Å². The van der Waals surface area contributed by atoms with Gasteiger partial charge >= 0.3 is 11.9 Å². The largest absolute Gasteiger partial charge is 0.481 e. The normalized spacial score (nSPS) is 10.0. The standard InChI is InChI=1S/C14H16O5/c1-9-4-3-5-10(2)13(9)14(18)19-8-11(15)6-7-12(16)17/h3-5H,6-8H2,1-2H3,(H,16,17). The Hall–Kier alpha value is -2.17. The van der Waals surface area contributed by atoms with Gasteiger partial charge in [-0.05, 0) is 25.0 Å². The maximum atomic E-state index is 11.8. The zero-order valence-corrected chi connectivity index (χ0v) is 10.9. The van der Waals surface area contributed by atoms with Gasteiger partial charge in [0.2, 0.25) is 0 Å². The van der Waals surface area contributed by atoms with Crippen molar-refractivity contribution in [2.24, 2.45) is 0 Å². The molecular weight excluding hydrogens is 248 g/mol. The minimum Gasteiger partial charge on any atom is -0.481 e. The van der Waals surface area contributed by atoms with Crippen molar-refractivity contribution in [1.29, 1.82) is 0 Å². The lowest BCUT2D eigenvalue weighted by Gasteiger charge is -2.09. The van der Waals surface area contributed by atoms with E-state index in [1.165, 1.54) is 0 Å². The van der Waals surface area contributed by atoms with Gasteiger partial charge in [-0.25, -0.2) is 4.79 Å². The highest BCUT2D eigenvalue weighted by Gasteiger charge is 2.15. The molecule has 19 heavy (non-hydrogen) atoms. The van der Waals surface area contributed by atoms with E-state index >= 15 is 0 Å². The van der Waals surface area contributed by atoms with Crippen LogP contribution in [0.5, 0.6) is 0 Å². The number of carboxylic acid groups (broad SMARTS) is 1. The average Bonchev–Trinajstić information content (AvgIpc) is 2.33. The van der Waals surface area contributed by atoms with E-state index in [1.807, 2.05) is 6.07 Å². The summed E-state index contributed by atoms with van der Waals surface area (Å²) in [5.41, 5.74) is 2.01. The first-order valence-electron chi connectivity index (χ1n) is 5.88. The molecule has 0 radical (unpaired) electrons. The minimum absolute atomic E-state index is 0.130. The van der Waals surface area contributed by atoms with E-state index in [9.17, 15) is 14.4 Å². The van der Waals surface area contributed by atoms with E-state index in [2.05, 4.69) is 0 Å². The number of rotatable bonds is 6. The molecule has 0 saturated heterocycles. The number of hydrogen-bond donors (Lipinski definition) is 1. The SMILES string of the molecule is Cc1cccc(C)c1C(=O)OCC(=O)CCC(=O)O. The van der Waals surface area contributed by atoms with E-state index in [-0.39, 0.29) is 19.4 Å². The number of Topliss-reactive ketones (excluding diaryl/α,β-unsaturated/α-hetero) is 1.